The monoisotopic (exact) mass is 233 g/mol. The Morgan fingerprint density at radius 3 is 2.53 bits per heavy atom. The molecule has 1 aromatic heterocycles. The van der Waals surface area contributed by atoms with Gasteiger partial charge in [-0.3, -0.25) is 14.6 Å². The second kappa shape index (κ2) is 4.28. The lowest BCUT2D eigenvalue weighted by atomic mass is 9.71. The molecule has 0 aromatic carbocycles. The number of hydrogen-bond donors (Lipinski definition) is 1. The van der Waals surface area contributed by atoms with Crippen LogP contribution in [0.2, 0.25) is 0 Å². The number of carbonyl (C=O) groups excluding carboxylic acids is 1. The predicted octanol–water partition coefficient (Wildman–Crippen LogP) is 1.86. The molecule has 2 rings (SSSR count). The van der Waals surface area contributed by atoms with Crippen molar-refractivity contribution in [1.29, 1.82) is 0 Å². The molecule has 1 aromatic rings. The maximum absolute atomic E-state index is 11.5. The Morgan fingerprint density at radius 2 is 2.00 bits per heavy atom. The molecule has 1 saturated carbocycles. The average Bonchev–Trinajstić information content (AvgIpc) is 2.30. The lowest BCUT2D eigenvalue weighted by Gasteiger charge is -2.32. The first-order chi connectivity index (χ1) is 8.04. The van der Waals surface area contributed by atoms with Crippen LogP contribution in [0.25, 0.3) is 0 Å². The minimum atomic E-state index is -0.972. The molecule has 0 aliphatic heterocycles. The third-order valence-electron chi connectivity index (χ3n) is 3.45. The van der Waals surface area contributed by atoms with Crippen LogP contribution in [0.15, 0.2) is 18.2 Å². The van der Waals surface area contributed by atoms with Crippen LogP contribution in [0.3, 0.4) is 0 Å². The summed E-state index contributed by atoms with van der Waals surface area (Å²) >= 11 is 0. The molecule has 4 nitrogen and oxygen atoms in total. The molecule has 1 heterocycles. The van der Waals surface area contributed by atoms with Crippen LogP contribution in [-0.4, -0.2) is 21.8 Å². The molecule has 0 radical (unpaired) electrons. The number of aryl methyl sites for hydroxylation is 1. The van der Waals surface area contributed by atoms with Gasteiger partial charge in [0.1, 0.15) is 11.2 Å². The first kappa shape index (κ1) is 11.8. The van der Waals surface area contributed by atoms with Gasteiger partial charge in [0, 0.05) is 18.5 Å². The summed E-state index contributed by atoms with van der Waals surface area (Å²) in [5.41, 5.74) is 0.414. The highest BCUT2D eigenvalue weighted by molar-refractivity contribution is 5.87. The number of rotatable bonds is 2. The molecule has 17 heavy (non-hydrogen) atoms. The van der Waals surface area contributed by atoms with Gasteiger partial charge in [-0.25, -0.2) is 0 Å². The van der Waals surface area contributed by atoms with Gasteiger partial charge in [0.15, 0.2) is 0 Å². The molecule has 0 unspecified atom stereocenters. The minimum absolute atomic E-state index is 0.148. The zero-order chi connectivity index (χ0) is 12.5. The third kappa shape index (κ3) is 2.07. The summed E-state index contributed by atoms with van der Waals surface area (Å²) in [5.74, 6) is -0.724. The smallest absolute Gasteiger partial charge is 0.315 e. The number of aromatic nitrogens is 1. The summed E-state index contributed by atoms with van der Waals surface area (Å²) < 4.78 is 0. The number of carbonyl (C=O) groups is 2. The molecule has 0 bridgehead atoms. The van der Waals surface area contributed by atoms with E-state index < -0.39 is 11.4 Å². The van der Waals surface area contributed by atoms with Gasteiger partial charge in [-0.1, -0.05) is 6.07 Å². The van der Waals surface area contributed by atoms with E-state index in [1.54, 1.807) is 6.07 Å². The second-order valence-electron chi connectivity index (χ2n) is 4.59. The Labute approximate surface area is 99.7 Å². The Balaban J connectivity index is 2.41. The van der Waals surface area contributed by atoms with Gasteiger partial charge in [0.05, 0.1) is 5.69 Å². The third-order valence-corrected chi connectivity index (χ3v) is 3.45. The number of pyridine rings is 1. The quantitative estimate of drug-likeness (QED) is 0.846. The average molecular weight is 233 g/mol. The Hall–Kier alpha value is -1.71. The zero-order valence-corrected chi connectivity index (χ0v) is 9.77. The van der Waals surface area contributed by atoms with Crippen molar-refractivity contribution in [3.05, 3.63) is 29.6 Å². The number of nitrogens with zero attached hydrogens (tertiary/aromatic N) is 1. The number of Topliss-reactive ketones (excluding diaryl/α,β-unsaturated/α-hetero) is 1. The number of carboxylic acid groups (broad SMARTS) is 1. The fourth-order valence-electron chi connectivity index (χ4n) is 2.34. The highest BCUT2D eigenvalue weighted by atomic mass is 16.4. The minimum Gasteiger partial charge on any atom is -0.481 e. The lowest BCUT2D eigenvalue weighted by molar-refractivity contribution is -0.146. The highest BCUT2D eigenvalue weighted by Crippen LogP contribution is 2.37. The predicted molar refractivity (Wildman–Crippen MR) is 61.8 cm³/mol. The number of carboxylic acids is 1. The van der Waals surface area contributed by atoms with Crippen LogP contribution in [-0.2, 0) is 15.0 Å². The lowest BCUT2D eigenvalue weighted by Crippen LogP contribution is -2.40. The summed E-state index contributed by atoms with van der Waals surface area (Å²) in [6.45, 7) is 1.84. The van der Waals surface area contributed by atoms with Gasteiger partial charge < -0.3 is 5.11 Å². The maximum atomic E-state index is 11.5. The van der Waals surface area contributed by atoms with E-state index in [2.05, 4.69) is 4.98 Å². The standard InChI is InChI=1S/C13H15NO3/c1-9-3-2-4-11(14-9)13(12(16)17)7-5-10(15)6-8-13/h2-4H,5-8H2,1H3,(H,16,17). The summed E-state index contributed by atoms with van der Waals surface area (Å²) in [5, 5.41) is 9.47. The Morgan fingerprint density at radius 1 is 1.35 bits per heavy atom. The molecular weight excluding hydrogens is 218 g/mol. The molecule has 0 atom stereocenters. The van der Waals surface area contributed by atoms with Crippen molar-refractivity contribution in [1.82, 2.24) is 4.98 Å². The van der Waals surface area contributed by atoms with Crippen molar-refractivity contribution < 1.29 is 14.7 Å². The topological polar surface area (TPSA) is 67.3 Å². The fraction of sp³-hybridized carbons (Fsp3) is 0.462. The maximum Gasteiger partial charge on any atom is 0.315 e. The van der Waals surface area contributed by atoms with E-state index in [9.17, 15) is 14.7 Å². The number of hydrogen-bond acceptors (Lipinski definition) is 3. The van der Waals surface area contributed by atoms with Crippen molar-refractivity contribution in [2.45, 2.75) is 38.0 Å². The van der Waals surface area contributed by atoms with Crippen LogP contribution in [0.4, 0.5) is 0 Å². The normalized spacial score (nSPS) is 19.0. The Kier molecular flexibility index (Phi) is 2.96. The highest BCUT2D eigenvalue weighted by Gasteiger charge is 2.44. The number of ketones is 1. The van der Waals surface area contributed by atoms with Gasteiger partial charge in [-0.15, -0.1) is 0 Å². The van der Waals surface area contributed by atoms with E-state index in [1.807, 2.05) is 19.1 Å². The Bertz CT molecular complexity index is 457. The van der Waals surface area contributed by atoms with Crippen molar-refractivity contribution >= 4 is 11.8 Å². The van der Waals surface area contributed by atoms with E-state index >= 15 is 0 Å². The van der Waals surface area contributed by atoms with Crippen LogP contribution in [0, 0.1) is 6.92 Å². The molecular formula is C13H15NO3. The molecule has 1 aliphatic rings. The van der Waals surface area contributed by atoms with Crippen LogP contribution >= 0.6 is 0 Å². The van der Waals surface area contributed by atoms with E-state index in [0.717, 1.165) is 5.69 Å². The van der Waals surface area contributed by atoms with Gasteiger partial charge >= 0.3 is 5.97 Å². The summed E-state index contributed by atoms with van der Waals surface area (Å²) in [6.07, 6.45) is 1.39. The molecule has 1 N–H and O–H groups in total. The van der Waals surface area contributed by atoms with E-state index in [4.69, 9.17) is 0 Å². The second-order valence-corrected chi connectivity index (χ2v) is 4.59. The van der Waals surface area contributed by atoms with E-state index in [1.165, 1.54) is 0 Å². The van der Waals surface area contributed by atoms with Crippen molar-refractivity contribution in [3.8, 4) is 0 Å². The SMILES string of the molecule is Cc1cccc(C2(C(=O)O)CCC(=O)CC2)n1. The molecule has 1 aliphatic carbocycles. The first-order valence-corrected chi connectivity index (χ1v) is 5.74. The summed E-state index contributed by atoms with van der Waals surface area (Å²) in [4.78, 5) is 27.1. The molecule has 1 fully saturated rings. The first-order valence-electron chi connectivity index (χ1n) is 5.74. The fourth-order valence-corrected chi connectivity index (χ4v) is 2.34. The van der Waals surface area contributed by atoms with Crippen LogP contribution in [0.1, 0.15) is 37.1 Å². The molecule has 0 amide bonds. The molecule has 4 heteroatoms. The molecule has 0 spiro atoms. The van der Waals surface area contributed by atoms with E-state index in [0.29, 0.717) is 31.4 Å². The number of aliphatic carboxylic acids is 1. The van der Waals surface area contributed by atoms with Gasteiger partial charge in [0.2, 0.25) is 0 Å². The van der Waals surface area contributed by atoms with Crippen molar-refractivity contribution in [3.63, 3.8) is 0 Å². The summed E-state index contributed by atoms with van der Waals surface area (Å²) in [6, 6.07) is 5.41. The molecule has 90 valence electrons. The largest absolute Gasteiger partial charge is 0.481 e. The van der Waals surface area contributed by atoms with Gasteiger partial charge in [-0.2, -0.15) is 0 Å². The summed E-state index contributed by atoms with van der Waals surface area (Å²) in [7, 11) is 0. The van der Waals surface area contributed by atoms with Crippen LogP contribution in [0.5, 0.6) is 0 Å². The van der Waals surface area contributed by atoms with Gasteiger partial charge in [0.25, 0.3) is 0 Å². The van der Waals surface area contributed by atoms with Crippen molar-refractivity contribution in [2.75, 3.05) is 0 Å². The van der Waals surface area contributed by atoms with Gasteiger partial charge in [-0.05, 0) is 31.9 Å². The van der Waals surface area contributed by atoms with E-state index in [-0.39, 0.29) is 5.78 Å². The zero-order valence-electron chi connectivity index (χ0n) is 9.77. The van der Waals surface area contributed by atoms with Crippen LogP contribution < -0.4 is 0 Å². The van der Waals surface area contributed by atoms with Crippen molar-refractivity contribution in [2.24, 2.45) is 0 Å². The molecule has 0 saturated heterocycles.